The lowest BCUT2D eigenvalue weighted by Gasteiger charge is -2.23. The quantitative estimate of drug-likeness (QED) is 0.818. The van der Waals surface area contributed by atoms with Crippen LogP contribution in [0.3, 0.4) is 0 Å². The van der Waals surface area contributed by atoms with Gasteiger partial charge in [0, 0.05) is 23.7 Å². The van der Waals surface area contributed by atoms with Crippen LogP contribution in [0.25, 0.3) is 0 Å². The molecule has 0 N–H and O–H groups in total. The van der Waals surface area contributed by atoms with Gasteiger partial charge in [-0.2, -0.15) is 0 Å². The van der Waals surface area contributed by atoms with Gasteiger partial charge in [0.1, 0.15) is 0 Å². The monoisotopic (exact) mass is 246 g/mol. The second-order valence-corrected chi connectivity index (χ2v) is 5.37. The Labute approximate surface area is 107 Å². The highest BCUT2D eigenvalue weighted by molar-refractivity contribution is 7.10. The van der Waals surface area contributed by atoms with Gasteiger partial charge in [0.15, 0.2) is 0 Å². The van der Waals surface area contributed by atoms with E-state index in [4.69, 9.17) is 0 Å². The lowest BCUT2D eigenvalue weighted by molar-refractivity contribution is 0.250. The first-order chi connectivity index (χ1) is 8.18. The average molecular weight is 246 g/mol. The molecule has 2 rings (SSSR count). The van der Waals surface area contributed by atoms with Crippen LogP contribution in [0, 0.1) is 6.92 Å². The van der Waals surface area contributed by atoms with Gasteiger partial charge in [-0.15, -0.1) is 11.3 Å². The van der Waals surface area contributed by atoms with Crippen LogP contribution in [-0.4, -0.2) is 16.9 Å². The predicted molar refractivity (Wildman–Crippen MR) is 73.2 cm³/mol. The van der Waals surface area contributed by atoms with Crippen LogP contribution in [0.15, 0.2) is 35.8 Å². The molecule has 2 heterocycles. The smallest absolute Gasteiger partial charge is 0.0572 e. The summed E-state index contributed by atoms with van der Waals surface area (Å²) in [6.45, 7) is 5.36. The van der Waals surface area contributed by atoms with Crippen LogP contribution in [0.4, 0.5) is 0 Å². The molecule has 0 saturated heterocycles. The summed E-state index contributed by atoms with van der Waals surface area (Å²) in [4.78, 5) is 8.19. The number of rotatable bonds is 4. The van der Waals surface area contributed by atoms with Crippen molar-refractivity contribution in [2.24, 2.45) is 0 Å². The van der Waals surface area contributed by atoms with Crippen molar-refractivity contribution in [2.75, 3.05) is 7.05 Å². The summed E-state index contributed by atoms with van der Waals surface area (Å²) in [5, 5.41) is 2.16. The fourth-order valence-corrected chi connectivity index (χ4v) is 2.75. The van der Waals surface area contributed by atoms with Gasteiger partial charge in [-0.25, -0.2) is 0 Å². The number of pyridine rings is 1. The summed E-state index contributed by atoms with van der Waals surface area (Å²) in [6, 6.07) is 8.61. The molecule has 0 amide bonds. The molecule has 90 valence electrons. The topological polar surface area (TPSA) is 16.1 Å². The van der Waals surface area contributed by atoms with Crippen molar-refractivity contribution < 1.29 is 0 Å². The van der Waals surface area contributed by atoms with Crippen molar-refractivity contribution in [3.8, 4) is 0 Å². The van der Waals surface area contributed by atoms with Crippen LogP contribution in [0.5, 0.6) is 0 Å². The van der Waals surface area contributed by atoms with E-state index in [1.807, 2.05) is 29.7 Å². The fourth-order valence-electron chi connectivity index (χ4n) is 1.78. The van der Waals surface area contributed by atoms with E-state index in [9.17, 15) is 0 Å². The maximum Gasteiger partial charge on any atom is 0.0572 e. The molecule has 17 heavy (non-hydrogen) atoms. The normalized spacial score (nSPS) is 12.9. The number of thiophene rings is 1. The van der Waals surface area contributed by atoms with Crippen molar-refractivity contribution in [1.29, 1.82) is 0 Å². The van der Waals surface area contributed by atoms with E-state index in [-0.39, 0.29) is 0 Å². The van der Waals surface area contributed by atoms with Crippen molar-refractivity contribution in [3.05, 3.63) is 52.0 Å². The first kappa shape index (κ1) is 12.3. The Balaban J connectivity index is 2.06. The maximum atomic E-state index is 4.41. The molecule has 0 saturated carbocycles. The molecule has 0 aliphatic rings. The highest BCUT2D eigenvalue weighted by Crippen LogP contribution is 2.22. The molecule has 0 fully saturated rings. The van der Waals surface area contributed by atoms with Crippen LogP contribution < -0.4 is 0 Å². The molecular weight excluding hydrogens is 228 g/mol. The minimum Gasteiger partial charge on any atom is -0.293 e. The van der Waals surface area contributed by atoms with Gasteiger partial charge in [-0.3, -0.25) is 9.88 Å². The molecule has 0 unspecified atom stereocenters. The highest BCUT2D eigenvalue weighted by atomic mass is 32.1. The zero-order chi connectivity index (χ0) is 12.3. The van der Waals surface area contributed by atoms with Gasteiger partial charge in [0.05, 0.1) is 5.69 Å². The third-order valence-corrected chi connectivity index (χ3v) is 4.15. The van der Waals surface area contributed by atoms with E-state index >= 15 is 0 Å². The van der Waals surface area contributed by atoms with Crippen molar-refractivity contribution in [2.45, 2.75) is 26.4 Å². The van der Waals surface area contributed by atoms with Crippen molar-refractivity contribution >= 4 is 11.3 Å². The molecule has 2 aromatic heterocycles. The number of nitrogens with zero attached hydrogens (tertiary/aromatic N) is 2. The fraction of sp³-hybridized carbons (Fsp3) is 0.357. The molecule has 0 aliphatic carbocycles. The minimum absolute atomic E-state index is 0.345. The largest absolute Gasteiger partial charge is 0.293 e. The average Bonchev–Trinajstić information content (AvgIpc) is 2.75. The van der Waals surface area contributed by atoms with Gasteiger partial charge >= 0.3 is 0 Å². The van der Waals surface area contributed by atoms with Gasteiger partial charge in [0.2, 0.25) is 0 Å². The lowest BCUT2D eigenvalue weighted by atomic mass is 10.2. The predicted octanol–water partition coefficient (Wildman–Crippen LogP) is 3.64. The van der Waals surface area contributed by atoms with Gasteiger partial charge in [-0.05, 0) is 50.0 Å². The molecule has 0 spiro atoms. The molecule has 0 aliphatic heterocycles. The summed E-state index contributed by atoms with van der Waals surface area (Å²) < 4.78 is 0. The van der Waals surface area contributed by atoms with Crippen LogP contribution >= 0.6 is 11.3 Å². The van der Waals surface area contributed by atoms with Crippen LogP contribution in [0.2, 0.25) is 0 Å². The lowest BCUT2D eigenvalue weighted by Crippen LogP contribution is -2.22. The summed E-state index contributed by atoms with van der Waals surface area (Å²) >= 11 is 1.83. The van der Waals surface area contributed by atoms with E-state index < -0.39 is 0 Å². The van der Waals surface area contributed by atoms with Crippen molar-refractivity contribution in [3.63, 3.8) is 0 Å². The number of aromatic nitrogens is 1. The SMILES string of the molecule is Cc1ccsc1CN(C)[C@H](C)c1ccccn1. The Morgan fingerprint density at radius 1 is 1.35 bits per heavy atom. The first-order valence-electron chi connectivity index (χ1n) is 5.82. The summed E-state index contributed by atoms with van der Waals surface area (Å²) in [7, 11) is 2.15. The second-order valence-electron chi connectivity index (χ2n) is 4.37. The molecule has 2 aromatic rings. The first-order valence-corrected chi connectivity index (χ1v) is 6.70. The Hall–Kier alpha value is -1.19. The van der Waals surface area contributed by atoms with Gasteiger partial charge in [-0.1, -0.05) is 6.07 Å². The highest BCUT2D eigenvalue weighted by Gasteiger charge is 2.14. The third kappa shape index (κ3) is 2.93. The van der Waals surface area contributed by atoms with Crippen LogP contribution in [-0.2, 0) is 6.54 Å². The molecule has 0 radical (unpaired) electrons. The Morgan fingerprint density at radius 3 is 2.76 bits per heavy atom. The number of aryl methyl sites for hydroxylation is 1. The summed E-state index contributed by atoms with van der Waals surface area (Å²) in [5.74, 6) is 0. The van der Waals surface area contributed by atoms with Gasteiger partial charge in [0.25, 0.3) is 0 Å². The van der Waals surface area contributed by atoms with Crippen LogP contribution in [0.1, 0.15) is 29.1 Å². The number of hydrogen-bond acceptors (Lipinski definition) is 3. The molecule has 0 bridgehead atoms. The Kier molecular flexibility index (Phi) is 3.92. The van der Waals surface area contributed by atoms with E-state index in [1.54, 1.807) is 0 Å². The van der Waals surface area contributed by atoms with E-state index in [0.717, 1.165) is 12.2 Å². The Bertz CT molecular complexity index is 464. The maximum absolute atomic E-state index is 4.41. The standard InChI is InChI=1S/C14H18N2S/c1-11-7-9-17-14(11)10-16(3)12(2)13-6-4-5-8-15-13/h4-9,12H,10H2,1-3H3/t12-/m1/s1. The van der Waals surface area contributed by atoms with E-state index in [0.29, 0.717) is 6.04 Å². The summed E-state index contributed by atoms with van der Waals surface area (Å²) in [6.07, 6.45) is 1.86. The van der Waals surface area contributed by atoms with E-state index in [1.165, 1.54) is 10.4 Å². The molecule has 2 nitrogen and oxygen atoms in total. The Morgan fingerprint density at radius 2 is 2.18 bits per heavy atom. The van der Waals surface area contributed by atoms with Gasteiger partial charge < -0.3 is 0 Å². The second kappa shape index (κ2) is 5.43. The zero-order valence-corrected chi connectivity index (χ0v) is 11.4. The number of hydrogen-bond donors (Lipinski definition) is 0. The zero-order valence-electron chi connectivity index (χ0n) is 10.6. The van der Waals surface area contributed by atoms with Crippen molar-refractivity contribution in [1.82, 2.24) is 9.88 Å². The minimum atomic E-state index is 0.345. The molecule has 0 aromatic carbocycles. The van der Waals surface area contributed by atoms with E-state index in [2.05, 4.69) is 48.3 Å². The molecular formula is C14H18N2S. The molecule has 3 heteroatoms. The summed E-state index contributed by atoms with van der Waals surface area (Å²) in [5.41, 5.74) is 2.51. The third-order valence-electron chi connectivity index (χ3n) is 3.14. The molecule has 1 atom stereocenters.